The van der Waals surface area contributed by atoms with E-state index in [0.717, 1.165) is 12.1 Å². The zero-order valence-corrected chi connectivity index (χ0v) is 11.6. The zero-order valence-electron chi connectivity index (χ0n) is 11.6. The summed E-state index contributed by atoms with van der Waals surface area (Å²) in [5, 5.41) is 9.15. The minimum Gasteiger partial charge on any atom is -0.297 e. The van der Waals surface area contributed by atoms with Gasteiger partial charge in [0.2, 0.25) is 0 Å². The molecule has 0 aliphatic rings. The maximum atomic E-state index is 12.7. The first-order valence-corrected chi connectivity index (χ1v) is 6.24. The lowest BCUT2D eigenvalue weighted by Gasteiger charge is -2.24. The summed E-state index contributed by atoms with van der Waals surface area (Å²) in [6, 6.07) is 6.22. The molecule has 0 heterocycles. The smallest absolute Gasteiger partial charge is 0.297 e. The van der Waals surface area contributed by atoms with Crippen LogP contribution in [0.1, 0.15) is 44.2 Å². The third-order valence-corrected chi connectivity index (χ3v) is 3.49. The van der Waals surface area contributed by atoms with Crippen molar-refractivity contribution in [1.82, 2.24) is 0 Å². The molecule has 20 heavy (non-hydrogen) atoms. The van der Waals surface area contributed by atoms with Crippen molar-refractivity contribution in [2.24, 2.45) is 5.41 Å². The first-order valence-electron chi connectivity index (χ1n) is 6.24. The molecule has 0 spiro atoms. The average molecular weight is 283 g/mol. The van der Waals surface area contributed by atoms with Crippen LogP contribution in [0.5, 0.6) is 0 Å². The topological polar surface area (TPSA) is 40.9 Å². The van der Waals surface area contributed by atoms with Crippen LogP contribution >= 0.6 is 0 Å². The van der Waals surface area contributed by atoms with E-state index in [-0.39, 0.29) is 11.3 Å². The molecule has 0 aliphatic carbocycles. The molecule has 108 valence electrons. The molecule has 0 fully saturated rings. The van der Waals surface area contributed by atoms with E-state index in [2.05, 4.69) is 0 Å². The van der Waals surface area contributed by atoms with Crippen molar-refractivity contribution >= 4 is 5.78 Å². The molecule has 1 atom stereocenters. The van der Waals surface area contributed by atoms with Gasteiger partial charge in [-0.25, -0.2) is 0 Å². The van der Waals surface area contributed by atoms with Crippen LogP contribution in [0.4, 0.5) is 13.2 Å². The molecule has 0 amide bonds. The van der Waals surface area contributed by atoms with Gasteiger partial charge < -0.3 is 0 Å². The Morgan fingerprint density at radius 1 is 1.35 bits per heavy atom. The monoisotopic (exact) mass is 283 g/mol. The number of ketones is 1. The molecule has 5 heteroatoms. The van der Waals surface area contributed by atoms with Crippen molar-refractivity contribution in [3.05, 3.63) is 35.4 Å². The SMILES string of the molecule is CCC(C)(C)C(=O)C(C#N)c1cccc(C(F)(F)F)c1. The lowest BCUT2D eigenvalue weighted by Crippen LogP contribution is -2.28. The van der Waals surface area contributed by atoms with Crippen molar-refractivity contribution in [1.29, 1.82) is 5.26 Å². The number of Topliss-reactive ketones (excluding diaryl/α,β-unsaturated/α-hetero) is 1. The molecule has 0 N–H and O–H groups in total. The molecule has 2 nitrogen and oxygen atoms in total. The number of rotatable bonds is 4. The Hall–Kier alpha value is -1.83. The number of benzene rings is 1. The first kappa shape index (κ1) is 16.2. The molecule has 0 aliphatic heterocycles. The van der Waals surface area contributed by atoms with Crippen LogP contribution in [0.3, 0.4) is 0 Å². The van der Waals surface area contributed by atoms with Gasteiger partial charge in [-0.2, -0.15) is 18.4 Å². The molecule has 0 radical (unpaired) electrons. The van der Waals surface area contributed by atoms with E-state index in [1.54, 1.807) is 20.8 Å². The van der Waals surface area contributed by atoms with Crippen LogP contribution in [0.25, 0.3) is 0 Å². The summed E-state index contributed by atoms with van der Waals surface area (Å²) in [6.07, 6.45) is -3.97. The molecule has 0 aromatic heterocycles. The van der Waals surface area contributed by atoms with Crippen LogP contribution in [-0.2, 0) is 11.0 Å². The van der Waals surface area contributed by atoms with Crippen molar-refractivity contribution < 1.29 is 18.0 Å². The fourth-order valence-electron chi connectivity index (χ4n) is 1.74. The number of carbonyl (C=O) groups excluding carboxylic acids is 1. The lowest BCUT2D eigenvalue weighted by atomic mass is 9.77. The van der Waals surface area contributed by atoms with Crippen molar-refractivity contribution in [2.45, 2.75) is 39.3 Å². The van der Waals surface area contributed by atoms with Gasteiger partial charge in [0.15, 0.2) is 5.78 Å². The van der Waals surface area contributed by atoms with E-state index in [9.17, 15) is 18.0 Å². The highest BCUT2D eigenvalue weighted by molar-refractivity contribution is 5.92. The number of carbonyl (C=O) groups is 1. The fraction of sp³-hybridized carbons (Fsp3) is 0.467. The number of halogens is 3. The predicted octanol–water partition coefficient (Wildman–Crippen LogP) is 4.32. The van der Waals surface area contributed by atoms with E-state index in [1.807, 2.05) is 6.07 Å². The highest BCUT2D eigenvalue weighted by Gasteiger charge is 2.35. The van der Waals surface area contributed by atoms with E-state index in [4.69, 9.17) is 5.26 Å². The molecule has 1 aromatic carbocycles. The zero-order chi connectivity index (χ0) is 15.6. The van der Waals surface area contributed by atoms with Gasteiger partial charge in [-0.05, 0) is 18.1 Å². The second-order valence-corrected chi connectivity index (χ2v) is 5.29. The van der Waals surface area contributed by atoms with E-state index in [1.165, 1.54) is 12.1 Å². The summed E-state index contributed by atoms with van der Waals surface area (Å²) in [7, 11) is 0. The molecule has 0 bridgehead atoms. The highest BCUT2D eigenvalue weighted by Crippen LogP contribution is 2.34. The second-order valence-electron chi connectivity index (χ2n) is 5.29. The average Bonchev–Trinajstić information content (AvgIpc) is 2.39. The number of hydrogen-bond acceptors (Lipinski definition) is 2. The number of nitriles is 1. The van der Waals surface area contributed by atoms with Gasteiger partial charge in [-0.15, -0.1) is 0 Å². The molecule has 0 saturated carbocycles. The largest absolute Gasteiger partial charge is 0.416 e. The van der Waals surface area contributed by atoms with Gasteiger partial charge in [-0.3, -0.25) is 4.79 Å². The minimum atomic E-state index is -4.49. The quantitative estimate of drug-likeness (QED) is 0.825. The van der Waals surface area contributed by atoms with Crippen molar-refractivity contribution in [3.8, 4) is 6.07 Å². The Bertz CT molecular complexity index is 541. The summed E-state index contributed by atoms with van der Waals surface area (Å²) in [5.74, 6) is -1.53. The van der Waals surface area contributed by atoms with Crippen LogP contribution in [-0.4, -0.2) is 5.78 Å². The van der Waals surface area contributed by atoms with E-state index in [0.29, 0.717) is 6.42 Å². The minimum absolute atomic E-state index is 0.0915. The predicted molar refractivity (Wildman–Crippen MR) is 68.9 cm³/mol. The first-order chi connectivity index (χ1) is 9.13. The number of nitrogens with zero attached hydrogens (tertiary/aromatic N) is 1. The third kappa shape index (κ3) is 3.38. The lowest BCUT2D eigenvalue weighted by molar-refractivity contribution is -0.137. The van der Waals surface area contributed by atoms with Crippen molar-refractivity contribution in [3.63, 3.8) is 0 Å². The molecule has 0 saturated heterocycles. The Morgan fingerprint density at radius 2 is 1.95 bits per heavy atom. The molecule has 1 rings (SSSR count). The van der Waals surface area contributed by atoms with E-state index >= 15 is 0 Å². The molecular formula is C15H16F3NO. The summed E-state index contributed by atoms with van der Waals surface area (Å²) >= 11 is 0. The van der Waals surface area contributed by atoms with E-state index < -0.39 is 23.1 Å². The fourth-order valence-corrected chi connectivity index (χ4v) is 1.74. The Kier molecular flexibility index (Phi) is 4.59. The van der Waals surface area contributed by atoms with Gasteiger partial charge in [0.05, 0.1) is 11.6 Å². The standard InChI is InChI=1S/C15H16F3NO/c1-4-14(2,3)13(20)12(9-19)10-6-5-7-11(8-10)15(16,17)18/h5-8,12H,4H2,1-3H3. The normalized spacial score (nSPS) is 13.7. The molecular weight excluding hydrogens is 267 g/mol. The van der Waals surface area contributed by atoms with Crippen LogP contribution in [0.2, 0.25) is 0 Å². The summed E-state index contributed by atoms with van der Waals surface area (Å²) in [4.78, 5) is 12.3. The summed E-state index contributed by atoms with van der Waals surface area (Å²) < 4.78 is 38.0. The van der Waals surface area contributed by atoms with Crippen molar-refractivity contribution in [2.75, 3.05) is 0 Å². The van der Waals surface area contributed by atoms with Crippen LogP contribution in [0, 0.1) is 16.7 Å². The Balaban J connectivity index is 3.22. The molecule has 1 aromatic rings. The second kappa shape index (κ2) is 5.66. The highest BCUT2D eigenvalue weighted by atomic mass is 19.4. The van der Waals surface area contributed by atoms with Gasteiger partial charge in [0, 0.05) is 5.41 Å². The van der Waals surface area contributed by atoms with Crippen LogP contribution in [0.15, 0.2) is 24.3 Å². The van der Waals surface area contributed by atoms with Gasteiger partial charge >= 0.3 is 6.18 Å². The number of hydrogen-bond donors (Lipinski definition) is 0. The van der Waals surface area contributed by atoms with Gasteiger partial charge in [0.25, 0.3) is 0 Å². The number of alkyl halides is 3. The van der Waals surface area contributed by atoms with Gasteiger partial charge in [0.1, 0.15) is 5.92 Å². The molecule has 1 unspecified atom stereocenters. The maximum absolute atomic E-state index is 12.7. The Morgan fingerprint density at radius 3 is 2.40 bits per heavy atom. The third-order valence-electron chi connectivity index (χ3n) is 3.49. The summed E-state index contributed by atoms with van der Waals surface area (Å²) in [5.41, 5.74) is -1.50. The van der Waals surface area contributed by atoms with Gasteiger partial charge in [-0.1, -0.05) is 39.0 Å². The summed E-state index contributed by atoms with van der Waals surface area (Å²) in [6.45, 7) is 5.18. The Labute approximate surface area is 116 Å². The maximum Gasteiger partial charge on any atom is 0.416 e. The van der Waals surface area contributed by atoms with Crippen LogP contribution < -0.4 is 0 Å².